The molecule has 0 aliphatic heterocycles. The molecular weight excluding hydrogens is 238 g/mol. The van der Waals surface area contributed by atoms with Crippen LogP contribution in [0.25, 0.3) is 0 Å². The molecule has 0 heterocycles. The predicted molar refractivity (Wildman–Crippen MR) is 70.3 cm³/mol. The molecule has 3 nitrogen and oxygen atoms in total. The van der Waals surface area contributed by atoms with Gasteiger partial charge in [-0.25, -0.2) is 0 Å². The van der Waals surface area contributed by atoms with E-state index in [1.165, 1.54) is 0 Å². The second kappa shape index (κ2) is 7.67. The summed E-state index contributed by atoms with van der Waals surface area (Å²) in [6.45, 7) is 3.10. The van der Waals surface area contributed by atoms with Crippen LogP contribution in [0.1, 0.15) is 25.0 Å². The highest BCUT2D eigenvalue weighted by atomic mass is 35.5. The number of hydrogen-bond donors (Lipinski definition) is 1. The molecule has 0 saturated carbocycles. The summed E-state index contributed by atoms with van der Waals surface area (Å²) < 4.78 is 10.7. The van der Waals surface area contributed by atoms with Crippen molar-refractivity contribution in [1.82, 2.24) is 0 Å². The number of methoxy groups -OCH3 is 1. The molecule has 96 valence electrons. The van der Waals surface area contributed by atoms with Gasteiger partial charge in [-0.3, -0.25) is 0 Å². The van der Waals surface area contributed by atoms with Crippen molar-refractivity contribution in [1.29, 1.82) is 0 Å². The topological polar surface area (TPSA) is 44.5 Å². The Balaban J connectivity index is 2.79. The fourth-order valence-electron chi connectivity index (χ4n) is 1.62. The van der Waals surface area contributed by atoms with Gasteiger partial charge in [0.05, 0.1) is 19.3 Å². The Bertz CT molecular complexity index is 333. The van der Waals surface area contributed by atoms with E-state index in [0.717, 1.165) is 12.0 Å². The van der Waals surface area contributed by atoms with Crippen LogP contribution in [0.4, 0.5) is 0 Å². The Hall–Kier alpha value is -0.610. The van der Waals surface area contributed by atoms with Crippen LogP contribution in [0.15, 0.2) is 24.3 Å². The smallest absolute Gasteiger partial charge is 0.0991 e. The van der Waals surface area contributed by atoms with E-state index in [9.17, 15) is 0 Å². The van der Waals surface area contributed by atoms with Gasteiger partial charge in [0.25, 0.3) is 0 Å². The molecule has 2 unspecified atom stereocenters. The van der Waals surface area contributed by atoms with E-state index < -0.39 is 0 Å². The lowest BCUT2D eigenvalue weighted by atomic mass is 10.0. The van der Waals surface area contributed by atoms with E-state index >= 15 is 0 Å². The lowest BCUT2D eigenvalue weighted by Gasteiger charge is -2.24. The van der Waals surface area contributed by atoms with Crippen LogP contribution < -0.4 is 5.73 Å². The van der Waals surface area contributed by atoms with Crippen molar-refractivity contribution in [3.8, 4) is 0 Å². The average Bonchev–Trinajstić information content (AvgIpc) is 2.35. The van der Waals surface area contributed by atoms with Crippen LogP contribution in [0.3, 0.4) is 0 Å². The van der Waals surface area contributed by atoms with Gasteiger partial charge in [0.1, 0.15) is 0 Å². The van der Waals surface area contributed by atoms with Gasteiger partial charge in [0.2, 0.25) is 0 Å². The molecule has 2 atom stereocenters. The maximum absolute atomic E-state index is 6.17. The maximum atomic E-state index is 6.17. The monoisotopic (exact) mass is 257 g/mol. The summed E-state index contributed by atoms with van der Waals surface area (Å²) in [5, 5.41) is 0.693. The third-order valence-corrected chi connectivity index (χ3v) is 3.00. The standard InChI is InChI=1S/C13H20ClNO2/c1-3-12(15)13(17-9-8-16-2)10-6-4-5-7-11(10)14/h4-7,12-13H,3,8-9,15H2,1-2H3. The highest BCUT2D eigenvalue weighted by Crippen LogP contribution is 2.28. The van der Waals surface area contributed by atoms with E-state index in [-0.39, 0.29) is 12.1 Å². The number of hydrogen-bond acceptors (Lipinski definition) is 3. The van der Waals surface area contributed by atoms with Crippen LogP contribution in [0, 0.1) is 0 Å². The van der Waals surface area contributed by atoms with E-state index in [4.69, 9.17) is 26.8 Å². The molecule has 0 amide bonds. The van der Waals surface area contributed by atoms with E-state index in [2.05, 4.69) is 0 Å². The summed E-state index contributed by atoms with van der Waals surface area (Å²) in [7, 11) is 1.65. The van der Waals surface area contributed by atoms with Gasteiger partial charge >= 0.3 is 0 Å². The molecule has 1 aromatic rings. The van der Waals surface area contributed by atoms with Crippen molar-refractivity contribution in [3.63, 3.8) is 0 Å². The van der Waals surface area contributed by atoms with Crippen LogP contribution in [0.2, 0.25) is 5.02 Å². The molecule has 0 aliphatic rings. The van der Waals surface area contributed by atoms with Gasteiger partial charge in [0, 0.05) is 23.7 Å². The summed E-state index contributed by atoms with van der Waals surface area (Å²) in [6, 6.07) is 7.58. The number of nitrogens with two attached hydrogens (primary N) is 1. The van der Waals surface area contributed by atoms with Gasteiger partial charge in [-0.1, -0.05) is 36.7 Å². The highest BCUT2D eigenvalue weighted by molar-refractivity contribution is 6.31. The number of benzene rings is 1. The molecular formula is C13H20ClNO2. The first-order valence-corrected chi connectivity index (χ1v) is 6.19. The Morgan fingerprint density at radius 1 is 1.29 bits per heavy atom. The lowest BCUT2D eigenvalue weighted by Crippen LogP contribution is -2.30. The van der Waals surface area contributed by atoms with Crippen LogP contribution in [0.5, 0.6) is 0 Å². The Labute approximate surface area is 108 Å². The first-order valence-electron chi connectivity index (χ1n) is 5.81. The largest absolute Gasteiger partial charge is 0.382 e. The molecule has 0 saturated heterocycles. The van der Waals surface area contributed by atoms with Gasteiger partial charge in [-0.15, -0.1) is 0 Å². The Kier molecular flexibility index (Phi) is 6.52. The Morgan fingerprint density at radius 2 is 2.00 bits per heavy atom. The molecule has 1 rings (SSSR count). The lowest BCUT2D eigenvalue weighted by molar-refractivity contribution is 0.00278. The summed E-state index contributed by atoms with van der Waals surface area (Å²) >= 11 is 6.17. The zero-order valence-corrected chi connectivity index (χ0v) is 11.1. The van der Waals surface area contributed by atoms with E-state index in [1.54, 1.807) is 7.11 Å². The number of ether oxygens (including phenoxy) is 2. The van der Waals surface area contributed by atoms with Gasteiger partial charge in [-0.2, -0.15) is 0 Å². The first-order chi connectivity index (χ1) is 8.20. The molecule has 0 aromatic heterocycles. The van der Waals surface area contributed by atoms with Crippen molar-refractivity contribution in [2.45, 2.75) is 25.5 Å². The zero-order valence-electron chi connectivity index (χ0n) is 10.4. The van der Waals surface area contributed by atoms with Crippen molar-refractivity contribution in [2.24, 2.45) is 5.73 Å². The van der Waals surface area contributed by atoms with Gasteiger partial charge in [0.15, 0.2) is 0 Å². The molecule has 0 aliphatic carbocycles. The predicted octanol–water partition coefficient (Wildman–Crippen LogP) is 2.78. The van der Waals surface area contributed by atoms with Crippen LogP contribution >= 0.6 is 11.6 Å². The molecule has 4 heteroatoms. The first kappa shape index (κ1) is 14.5. The van der Waals surface area contributed by atoms with Gasteiger partial charge < -0.3 is 15.2 Å². The number of rotatable bonds is 7. The van der Waals surface area contributed by atoms with E-state index in [0.29, 0.717) is 18.2 Å². The second-order valence-electron chi connectivity index (χ2n) is 3.88. The van der Waals surface area contributed by atoms with Crippen LogP contribution in [-0.2, 0) is 9.47 Å². The summed E-state index contributed by atoms with van der Waals surface area (Å²) in [5.74, 6) is 0. The molecule has 0 radical (unpaired) electrons. The molecule has 0 fully saturated rings. The van der Waals surface area contributed by atoms with Crippen molar-refractivity contribution >= 4 is 11.6 Å². The SMILES string of the molecule is CCC(N)C(OCCOC)c1ccccc1Cl. The van der Waals surface area contributed by atoms with Crippen molar-refractivity contribution < 1.29 is 9.47 Å². The van der Waals surface area contributed by atoms with Crippen molar-refractivity contribution in [3.05, 3.63) is 34.9 Å². The summed E-state index contributed by atoms with van der Waals surface area (Å²) in [4.78, 5) is 0. The average molecular weight is 258 g/mol. The minimum atomic E-state index is -0.177. The zero-order chi connectivity index (χ0) is 12.7. The Morgan fingerprint density at radius 3 is 2.59 bits per heavy atom. The minimum absolute atomic E-state index is 0.0632. The molecule has 1 aromatic carbocycles. The fraction of sp³-hybridized carbons (Fsp3) is 0.538. The maximum Gasteiger partial charge on any atom is 0.0991 e. The normalized spacial score (nSPS) is 14.6. The van der Waals surface area contributed by atoms with Gasteiger partial charge in [-0.05, 0) is 12.5 Å². The third kappa shape index (κ3) is 4.28. The number of halogens is 1. The molecule has 17 heavy (non-hydrogen) atoms. The van der Waals surface area contributed by atoms with E-state index in [1.807, 2.05) is 31.2 Å². The quantitative estimate of drug-likeness (QED) is 0.764. The molecule has 0 bridgehead atoms. The van der Waals surface area contributed by atoms with Crippen LogP contribution in [-0.4, -0.2) is 26.4 Å². The highest BCUT2D eigenvalue weighted by Gasteiger charge is 2.21. The minimum Gasteiger partial charge on any atom is -0.382 e. The molecule has 0 spiro atoms. The third-order valence-electron chi connectivity index (χ3n) is 2.66. The summed E-state index contributed by atoms with van der Waals surface area (Å²) in [6.07, 6.45) is 0.659. The second-order valence-corrected chi connectivity index (χ2v) is 4.29. The molecule has 2 N–H and O–H groups in total. The summed E-state index contributed by atoms with van der Waals surface area (Å²) in [5.41, 5.74) is 7.02. The fourth-order valence-corrected chi connectivity index (χ4v) is 1.87. The van der Waals surface area contributed by atoms with Crippen molar-refractivity contribution in [2.75, 3.05) is 20.3 Å².